The van der Waals surface area contributed by atoms with Gasteiger partial charge in [-0.15, -0.1) is 0 Å². The fourth-order valence-electron chi connectivity index (χ4n) is 3.45. The summed E-state index contributed by atoms with van der Waals surface area (Å²) in [6.45, 7) is 7.89. The molecule has 0 radical (unpaired) electrons. The first-order valence-corrected chi connectivity index (χ1v) is 10.1. The topological polar surface area (TPSA) is 91.7 Å². The number of rotatable bonds is 5. The van der Waals surface area contributed by atoms with Gasteiger partial charge in [0.2, 0.25) is 5.95 Å². The summed E-state index contributed by atoms with van der Waals surface area (Å²) in [5.41, 5.74) is 0.254. The van der Waals surface area contributed by atoms with Crippen LogP contribution in [0.15, 0.2) is 6.07 Å². The lowest BCUT2D eigenvalue weighted by Crippen LogP contribution is -2.38. The van der Waals surface area contributed by atoms with Crippen molar-refractivity contribution < 1.29 is 28.2 Å². The Labute approximate surface area is 182 Å². The van der Waals surface area contributed by atoms with Crippen molar-refractivity contribution in [3.8, 4) is 0 Å². The third-order valence-electron chi connectivity index (χ3n) is 4.51. The van der Waals surface area contributed by atoms with Gasteiger partial charge in [0.25, 0.3) is 0 Å². The molecule has 1 N–H and O–H groups in total. The van der Waals surface area contributed by atoms with E-state index in [1.54, 1.807) is 6.92 Å². The number of aromatic nitrogens is 2. The largest absolute Gasteiger partial charge is 0.456 e. The van der Waals surface area contributed by atoms with Crippen molar-refractivity contribution in [3.05, 3.63) is 21.9 Å². The van der Waals surface area contributed by atoms with Gasteiger partial charge in [-0.3, -0.25) is 14.2 Å². The number of benzene rings is 1. The fraction of sp³-hybridized carbons (Fsp3) is 0.526. The molecule has 4 atom stereocenters. The van der Waals surface area contributed by atoms with Crippen LogP contribution in [0.5, 0.6) is 0 Å². The summed E-state index contributed by atoms with van der Waals surface area (Å²) >= 11 is 12.1. The van der Waals surface area contributed by atoms with Crippen molar-refractivity contribution in [1.29, 1.82) is 0 Å². The van der Waals surface area contributed by atoms with Gasteiger partial charge >= 0.3 is 11.9 Å². The number of esters is 2. The molecule has 2 aromatic rings. The Kier molecular flexibility index (Phi) is 6.45. The van der Waals surface area contributed by atoms with Crippen molar-refractivity contribution in [2.75, 3.05) is 5.32 Å². The molecule has 1 aliphatic rings. The maximum Gasteiger partial charge on any atom is 0.303 e. The second-order valence-corrected chi connectivity index (χ2v) is 8.12. The number of fused-ring (bicyclic) bond motifs is 1. The van der Waals surface area contributed by atoms with E-state index < -0.39 is 42.3 Å². The first-order chi connectivity index (χ1) is 14.0. The standard InChI is InChI=1S/C19H22Cl2FN3O5/c1-7(2)23-19-24-12-6-11(20)13(21)14(22)15(12)25(19)18-17(30-10(5)27)16(8(3)28-18)29-9(4)26/h6-8,16-18H,1-5H3,(H,23,24)/t8-,16-,17-,18-/m1/s1. The van der Waals surface area contributed by atoms with Crippen LogP contribution >= 0.6 is 23.2 Å². The van der Waals surface area contributed by atoms with Gasteiger partial charge in [0.15, 0.2) is 24.3 Å². The molecular weight excluding hydrogens is 440 g/mol. The summed E-state index contributed by atoms with van der Waals surface area (Å²) in [4.78, 5) is 27.8. The van der Waals surface area contributed by atoms with Gasteiger partial charge in [-0.05, 0) is 26.8 Å². The zero-order chi connectivity index (χ0) is 22.3. The highest BCUT2D eigenvalue weighted by Gasteiger charge is 2.49. The lowest BCUT2D eigenvalue weighted by Gasteiger charge is -2.25. The van der Waals surface area contributed by atoms with E-state index in [-0.39, 0.29) is 33.1 Å². The van der Waals surface area contributed by atoms with Crippen molar-refractivity contribution in [1.82, 2.24) is 9.55 Å². The van der Waals surface area contributed by atoms with E-state index in [2.05, 4.69) is 10.3 Å². The minimum absolute atomic E-state index is 0.0115. The Hall–Kier alpha value is -2.10. The smallest absolute Gasteiger partial charge is 0.303 e. The summed E-state index contributed by atoms with van der Waals surface area (Å²) < 4.78 is 33.3. The van der Waals surface area contributed by atoms with Crippen LogP contribution in [0, 0.1) is 5.82 Å². The summed E-state index contributed by atoms with van der Waals surface area (Å²) in [5.74, 6) is -1.71. The van der Waals surface area contributed by atoms with E-state index >= 15 is 4.39 Å². The molecule has 3 rings (SSSR count). The number of carbonyl (C=O) groups excluding carboxylic acids is 2. The maximum atomic E-state index is 15.2. The molecule has 0 amide bonds. The maximum absolute atomic E-state index is 15.2. The molecule has 164 valence electrons. The number of nitrogens with one attached hydrogen (secondary N) is 1. The lowest BCUT2D eigenvalue weighted by molar-refractivity contribution is -0.165. The Bertz CT molecular complexity index is 996. The van der Waals surface area contributed by atoms with Crippen LogP contribution in [-0.2, 0) is 23.8 Å². The molecule has 30 heavy (non-hydrogen) atoms. The normalized spacial score (nSPS) is 23.8. The van der Waals surface area contributed by atoms with Gasteiger partial charge in [-0.1, -0.05) is 23.2 Å². The zero-order valence-corrected chi connectivity index (χ0v) is 18.5. The van der Waals surface area contributed by atoms with Crippen LogP contribution in [0.25, 0.3) is 11.0 Å². The van der Waals surface area contributed by atoms with E-state index in [0.29, 0.717) is 0 Å². The molecular formula is C19H22Cl2FN3O5. The molecule has 1 saturated heterocycles. The predicted octanol–water partition coefficient (Wildman–Crippen LogP) is 4.08. The number of halogens is 3. The van der Waals surface area contributed by atoms with Crippen molar-refractivity contribution >= 4 is 52.1 Å². The zero-order valence-electron chi connectivity index (χ0n) is 17.0. The second kappa shape index (κ2) is 8.56. The third-order valence-corrected chi connectivity index (χ3v) is 5.27. The summed E-state index contributed by atoms with van der Waals surface area (Å²) in [5, 5.41) is 2.86. The van der Waals surface area contributed by atoms with Crippen LogP contribution in [0.3, 0.4) is 0 Å². The Morgan fingerprint density at radius 1 is 1.23 bits per heavy atom. The van der Waals surface area contributed by atoms with Gasteiger partial charge in [0.1, 0.15) is 5.52 Å². The Morgan fingerprint density at radius 2 is 1.83 bits per heavy atom. The average molecular weight is 462 g/mol. The minimum Gasteiger partial charge on any atom is -0.456 e. The lowest BCUT2D eigenvalue weighted by atomic mass is 10.1. The van der Waals surface area contributed by atoms with E-state index in [4.69, 9.17) is 37.4 Å². The van der Waals surface area contributed by atoms with E-state index in [0.717, 1.165) is 0 Å². The van der Waals surface area contributed by atoms with Gasteiger partial charge in [-0.2, -0.15) is 0 Å². The van der Waals surface area contributed by atoms with Gasteiger partial charge in [-0.25, -0.2) is 9.37 Å². The molecule has 1 aromatic heterocycles. The summed E-state index contributed by atoms with van der Waals surface area (Å²) in [7, 11) is 0. The number of hydrogen-bond donors (Lipinski definition) is 1. The van der Waals surface area contributed by atoms with Crippen molar-refractivity contribution in [3.63, 3.8) is 0 Å². The molecule has 0 saturated carbocycles. The Morgan fingerprint density at radius 3 is 2.40 bits per heavy atom. The number of carbonyl (C=O) groups is 2. The number of nitrogens with zero attached hydrogens (tertiary/aromatic N) is 2. The van der Waals surface area contributed by atoms with Gasteiger partial charge in [0.05, 0.1) is 21.7 Å². The second-order valence-electron chi connectivity index (χ2n) is 7.34. The SMILES string of the molecule is CC(=O)O[C@@H]1[C@H](OC(C)=O)[C@@H](C)O[C@H]1n1c(NC(C)C)nc2cc(Cl)c(Cl)c(F)c21. The molecule has 1 aromatic carbocycles. The highest BCUT2D eigenvalue weighted by atomic mass is 35.5. The minimum atomic E-state index is -1.04. The van der Waals surface area contributed by atoms with Crippen molar-refractivity contribution in [2.24, 2.45) is 0 Å². The highest BCUT2D eigenvalue weighted by molar-refractivity contribution is 6.42. The van der Waals surface area contributed by atoms with Crippen molar-refractivity contribution in [2.45, 2.75) is 65.2 Å². The van der Waals surface area contributed by atoms with Crippen LogP contribution < -0.4 is 5.32 Å². The monoisotopic (exact) mass is 461 g/mol. The fourth-order valence-corrected chi connectivity index (χ4v) is 3.78. The van der Waals surface area contributed by atoms with E-state index in [1.165, 1.54) is 24.5 Å². The van der Waals surface area contributed by atoms with Crippen LogP contribution in [0.1, 0.15) is 40.8 Å². The van der Waals surface area contributed by atoms with E-state index in [9.17, 15) is 9.59 Å². The van der Waals surface area contributed by atoms with Crippen LogP contribution in [0.2, 0.25) is 10.0 Å². The molecule has 0 aliphatic carbocycles. The number of ether oxygens (including phenoxy) is 3. The molecule has 8 nitrogen and oxygen atoms in total. The summed E-state index contributed by atoms with van der Waals surface area (Å²) in [6.07, 6.45) is -3.61. The number of anilines is 1. The predicted molar refractivity (Wildman–Crippen MR) is 109 cm³/mol. The molecule has 0 spiro atoms. The molecule has 0 unspecified atom stereocenters. The van der Waals surface area contributed by atoms with Gasteiger partial charge < -0.3 is 19.5 Å². The molecule has 1 fully saturated rings. The number of imidazole rings is 1. The summed E-state index contributed by atoms with van der Waals surface area (Å²) in [6, 6.07) is 1.37. The molecule has 1 aliphatic heterocycles. The van der Waals surface area contributed by atoms with E-state index in [1.807, 2.05) is 13.8 Å². The highest BCUT2D eigenvalue weighted by Crippen LogP contribution is 2.41. The quantitative estimate of drug-likeness (QED) is 0.529. The molecule has 2 heterocycles. The van der Waals surface area contributed by atoms with Crippen LogP contribution in [-0.4, -0.2) is 45.8 Å². The molecule has 11 heteroatoms. The van der Waals surface area contributed by atoms with Crippen LogP contribution in [0.4, 0.5) is 10.3 Å². The average Bonchev–Trinajstić information content (AvgIpc) is 3.10. The molecule has 0 bridgehead atoms. The Balaban J connectivity index is 2.22. The van der Waals surface area contributed by atoms with Gasteiger partial charge in [0, 0.05) is 19.9 Å². The third kappa shape index (κ3) is 4.19. The first-order valence-electron chi connectivity index (χ1n) is 9.33. The first kappa shape index (κ1) is 22.6. The number of hydrogen-bond acceptors (Lipinski definition) is 7.